The predicted molar refractivity (Wildman–Crippen MR) is 115 cm³/mol. The van der Waals surface area contributed by atoms with E-state index in [9.17, 15) is 9.59 Å². The van der Waals surface area contributed by atoms with E-state index in [4.69, 9.17) is 30.2 Å². The fraction of sp³-hybridized carbons (Fsp3) is 0.0909. The summed E-state index contributed by atoms with van der Waals surface area (Å²) in [6, 6.07) is 15.1. The van der Waals surface area contributed by atoms with Gasteiger partial charge in [-0.2, -0.15) is 0 Å². The van der Waals surface area contributed by atoms with Gasteiger partial charge in [0.25, 0.3) is 0 Å². The molecule has 6 nitrogen and oxygen atoms in total. The molecule has 0 aliphatic carbocycles. The summed E-state index contributed by atoms with van der Waals surface area (Å²) in [5.41, 5.74) is 2.12. The van der Waals surface area contributed by atoms with Gasteiger partial charge in [0.05, 0.1) is 29.5 Å². The molecular weight excluding hydrogens is 428 g/mol. The molecule has 4 rings (SSSR count). The van der Waals surface area contributed by atoms with Crippen LogP contribution >= 0.6 is 22.9 Å². The van der Waals surface area contributed by atoms with E-state index in [1.54, 1.807) is 43.5 Å². The summed E-state index contributed by atoms with van der Waals surface area (Å²) in [5.74, 6) is 0.845. The Hall–Kier alpha value is -3.29. The normalized spacial score (nSPS) is 10.8. The molecule has 8 heteroatoms. The Balaban J connectivity index is 1.73. The van der Waals surface area contributed by atoms with Crippen molar-refractivity contribution in [3.63, 3.8) is 0 Å². The standard InChI is InChI=1S/C22H15ClO6S/c1-26-14-6-3-12(4-7-14)16-10-15(11-19-20(16)29-22(25)30-19)28-21(24)13-5-8-18(27-2)17(23)9-13/h3-11H,1-2H3. The topological polar surface area (TPSA) is 75.0 Å². The summed E-state index contributed by atoms with van der Waals surface area (Å²) in [6.45, 7) is 0. The molecule has 30 heavy (non-hydrogen) atoms. The fourth-order valence-electron chi connectivity index (χ4n) is 2.96. The number of methoxy groups -OCH3 is 2. The van der Waals surface area contributed by atoms with Crippen LogP contribution in [-0.2, 0) is 0 Å². The Morgan fingerprint density at radius 3 is 2.40 bits per heavy atom. The van der Waals surface area contributed by atoms with Crippen LogP contribution in [-0.4, -0.2) is 20.2 Å². The lowest BCUT2D eigenvalue weighted by molar-refractivity contribution is 0.0735. The summed E-state index contributed by atoms with van der Waals surface area (Å²) >= 11 is 7.04. The summed E-state index contributed by atoms with van der Waals surface area (Å²) in [7, 11) is 3.07. The summed E-state index contributed by atoms with van der Waals surface area (Å²) in [6.07, 6.45) is 0. The Kier molecular flexibility index (Phi) is 5.48. The largest absolute Gasteiger partial charge is 0.497 e. The van der Waals surface area contributed by atoms with Crippen molar-refractivity contribution in [2.24, 2.45) is 0 Å². The van der Waals surface area contributed by atoms with E-state index in [1.807, 2.05) is 12.1 Å². The van der Waals surface area contributed by atoms with Gasteiger partial charge in [0.15, 0.2) is 5.58 Å². The van der Waals surface area contributed by atoms with Crippen molar-refractivity contribution in [3.05, 3.63) is 74.9 Å². The van der Waals surface area contributed by atoms with Crippen molar-refractivity contribution in [2.75, 3.05) is 14.2 Å². The van der Waals surface area contributed by atoms with Crippen molar-refractivity contribution >= 4 is 39.2 Å². The van der Waals surface area contributed by atoms with Gasteiger partial charge in [0, 0.05) is 11.6 Å². The van der Waals surface area contributed by atoms with E-state index in [0.717, 1.165) is 16.9 Å². The molecule has 0 spiro atoms. The zero-order valence-electron chi connectivity index (χ0n) is 15.9. The molecule has 4 aromatic rings. The van der Waals surface area contributed by atoms with Crippen LogP contribution in [0.4, 0.5) is 0 Å². The molecule has 0 N–H and O–H groups in total. The number of ether oxygens (including phenoxy) is 3. The Bertz CT molecular complexity index is 1290. The molecule has 0 amide bonds. The predicted octanol–water partition coefficient (Wildman–Crippen LogP) is 5.41. The van der Waals surface area contributed by atoms with Gasteiger partial charge in [0.2, 0.25) is 0 Å². The zero-order chi connectivity index (χ0) is 21.3. The molecule has 0 fully saturated rings. The minimum Gasteiger partial charge on any atom is -0.497 e. The monoisotopic (exact) mass is 442 g/mol. The average molecular weight is 443 g/mol. The van der Waals surface area contributed by atoms with Crippen LogP contribution in [0, 0.1) is 0 Å². The van der Waals surface area contributed by atoms with E-state index < -0.39 is 10.9 Å². The second-order valence-corrected chi connectivity index (χ2v) is 7.60. The van der Waals surface area contributed by atoms with Gasteiger partial charge >= 0.3 is 10.9 Å². The van der Waals surface area contributed by atoms with Crippen molar-refractivity contribution in [1.29, 1.82) is 0 Å². The minimum atomic E-state index is -0.588. The Morgan fingerprint density at radius 2 is 1.73 bits per heavy atom. The molecule has 0 unspecified atom stereocenters. The maximum Gasteiger partial charge on any atom is 0.396 e. The van der Waals surface area contributed by atoms with E-state index >= 15 is 0 Å². The molecule has 1 aromatic heterocycles. The third-order valence-corrected chi connectivity index (χ3v) is 5.47. The first kappa shape index (κ1) is 20.0. The summed E-state index contributed by atoms with van der Waals surface area (Å²) in [4.78, 5) is 24.0. The van der Waals surface area contributed by atoms with Crippen LogP contribution < -0.4 is 19.1 Å². The van der Waals surface area contributed by atoms with E-state index in [0.29, 0.717) is 32.4 Å². The summed E-state index contributed by atoms with van der Waals surface area (Å²) < 4.78 is 21.8. The maximum atomic E-state index is 12.6. The van der Waals surface area contributed by atoms with Gasteiger partial charge in [-0.05, 0) is 42.0 Å². The molecule has 0 aliphatic heterocycles. The second kappa shape index (κ2) is 8.22. The molecule has 0 aliphatic rings. The number of benzene rings is 3. The first-order chi connectivity index (χ1) is 14.5. The first-order valence-corrected chi connectivity index (χ1v) is 9.96. The lowest BCUT2D eigenvalue weighted by Gasteiger charge is -2.09. The highest BCUT2D eigenvalue weighted by Crippen LogP contribution is 2.35. The molecule has 0 atom stereocenters. The quantitative estimate of drug-likeness (QED) is 0.304. The molecule has 0 radical (unpaired) electrons. The van der Waals surface area contributed by atoms with Crippen LogP contribution in [0.3, 0.4) is 0 Å². The van der Waals surface area contributed by atoms with Crippen molar-refractivity contribution in [3.8, 4) is 28.4 Å². The molecule has 0 saturated carbocycles. The van der Waals surface area contributed by atoms with Crippen LogP contribution in [0.2, 0.25) is 5.02 Å². The zero-order valence-corrected chi connectivity index (χ0v) is 17.5. The van der Waals surface area contributed by atoms with E-state index in [2.05, 4.69) is 0 Å². The molecule has 0 bridgehead atoms. The van der Waals surface area contributed by atoms with Crippen molar-refractivity contribution < 1.29 is 23.4 Å². The van der Waals surface area contributed by atoms with Crippen LogP contribution in [0.25, 0.3) is 21.4 Å². The van der Waals surface area contributed by atoms with Gasteiger partial charge in [-0.1, -0.05) is 35.1 Å². The smallest absolute Gasteiger partial charge is 0.396 e. The van der Waals surface area contributed by atoms with Crippen LogP contribution in [0.15, 0.2) is 63.8 Å². The lowest BCUT2D eigenvalue weighted by Crippen LogP contribution is -2.08. The van der Waals surface area contributed by atoms with Gasteiger partial charge in [0.1, 0.15) is 17.2 Å². The molecule has 0 saturated heterocycles. The van der Waals surface area contributed by atoms with Gasteiger partial charge < -0.3 is 18.6 Å². The fourth-order valence-corrected chi connectivity index (χ4v) is 3.94. The Labute approximate surface area is 180 Å². The molecule has 3 aromatic carbocycles. The second-order valence-electron chi connectivity index (χ2n) is 6.22. The number of carbonyl (C=O) groups excluding carboxylic acids is 1. The lowest BCUT2D eigenvalue weighted by atomic mass is 10.0. The van der Waals surface area contributed by atoms with E-state index in [1.165, 1.54) is 13.2 Å². The van der Waals surface area contributed by atoms with Crippen LogP contribution in [0.5, 0.6) is 17.2 Å². The SMILES string of the molecule is COc1ccc(-c2cc(OC(=O)c3ccc(OC)c(Cl)c3)cc3sc(=O)oc23)cc1. The van der Waals surface area contributed by atoms with Gasteiger partial charge in [-0.3, -0.25) is 0 Å². The average Bonchev–Trinajstić information content (AvgIpc) is 3.13. The number of hydrogen-bond donors (Lipinski definition) is 0. The number of rotatable bonds is 5. The molecule has 152 valence electrons. The minimum absolute atomic E-state index is 0.271. The third kappa shape index (κ3) is 3.90. The number of esters is 1. The molecular formula is C22H15ClO6S. The number of carbonyl (C=O) groups is 1. The Morgan fingerprint density at radius 1 is 0.967 bits per heavy atom. The van der Waals surface area contributed by atoms with Gasteiger partial charge in [-0.15, -0.1) is 0 Å². The van der Waals surface area contributed by atoms with E-state index in [-0.39, 0.29) is 11.3 Å². The summed E-state index contributed by atoms with van der Waals surface area (Å²) in [5, 5.41) is 0.300. The third-order valence-electron chi connectivity index (χ3n) is 4.41. The maximum absolute atomic E-state index is 12.6. The number of halogens is 1. The first-order valence-electron chi connectivity index (χ1n) is 8.76. The highest BCUT2D eigenvalue weighted by molar-refractivity contribution is 7.16. The highest BCUT2D eigenvalue weighted by Gasteiger charge is 2.17. The molecule has 1 heterocycles. The van der Waals surface area contributed by atoms with Crippen molar-refractivity contribution in [2.45, 2.75) is 0 Å². The number of hydrogen-bond acceptors (Lipinski definition) is 7. The van der Waals surface area contributed by atoms with Gasteiger partial charge in [-0.25, -0.2) is 9.59 Å². The number of fused-ring (bicyclic) bond motifs is 1. The highest BCUT2D eigenvalue weighted by atomic mass is 35.5. The van der Waals surface area contributed by atoms with Crippen molar-refractivity contribution in [1.82, 2.24) is 0 Å². The van der Waals surface area contributed by atoms with Crippen LogP contribution in [0.1, 0.15) is 10.4 Å².